The lowest BCUT2D eigenvalue weighted by molar-refractivity contribution is -0.144. The van der Waals surface area contributed by atoms with Crippen LogP contribution in [0.5, 0.6) is 11.5 Å². The number of likely N-dealkylation sites (tertiary alicyclic amines) is 2. The number of halogens is 1. The Bertz CT molecular complexity index is 869. The molecule has 30 heavy (non-hydrogen) atoms. The van der Waals surface area contributed by atoms with Gasteiger partial charge in [-0.15, -0.1) is 0 Å². The van der Waals surface area contributed by atoms with Crippen molar-refractivity contribution >= 4 is 11.8 Å². The second-order valence-corrected chi connectivity index (χ2v) is 7.63. The van der Waals surface area contributed by atoms with Crippen LogP contribution in [0.25, 0.3) is 0 Å². The van der Waals surface area contributed by atoms with E-state index in [1.807, 2.05) is 35.2 Å². The largest absolute Gasteiger partial charge is 0.488 e. The van der Waals surface area contributed by atoms with Gasteiger partial charge in [-0.3, -0.25) is 9.59 Å². The van der Waals surface area contributed by atoms with Crippen LogP contribution in [0.1, 0.15) is 19.3 Å². The van der Waals surface area contributed by atoms with Crippen LogP contribution in [0.2, 0.25) is 0 Å². The van der Waals surface area contributed by atoms with Gasteiger partial charge < -0.3 is 19.3 Å². The Kier molecular flexibility index (Phi) is 6.16. The Morgan fingerprint density at radius 1 is 0.967 bits per heavy atom. The summed E-state index contributed by atoms with van der Waals surface area (Å²) in [6.07, 6.45) is 2.17. The molecule has 0 aliphatic carbocycles. The second-order valence-electron chi connectivity index (χ2n) is 7.63. The highest BCUT2D eigenvalue weighted by atomic mass is 19.1. The highest BCUT2D eigenvalue weighted by Crippen LogP contribution is 2.26. The van der Waals surface area contributed by atoms with E-state index in [2.05, 4.69) is 0 Å². The van der Waals surface area contributed by atoms with Crippen molar-refractivity contribution in [1.29, 1.82) is 0 Å². The van der Waals surface area contributed by atoms with Crippen LogP contribution in [0.3, 0.4) is 0 Å². The number of carbonyl (C=O) groups is 2. The maximum absolute atomic E-state index is 13.1. The summed E-state index contributed by atoms with van der Waals surface area (Å²) in [7, 11) is 0. The number of amides is 2. The number of hydrogen-bond acceptors (Lipinski definition) is 4. The first-order chi connectivity index (χ1) is 14.6. The van der Waals surface area contributed by atoms with Crippen LogP contribution in [-0.2, 0) is 9.59 Å². The number of nitrogens with zero attached hydrogens (tertiary/aromatic N) is 2. The van der Waals surface area contributed by atoms with E-state index in [9.17, 15) is 14.0 Å². The molecule has 2 aromatic carbocycles. The van der Waals surface area contributed by atoms with Crippen LogP contribution in [0.15, 0.2) is 54.6 Å². The molecule has 2 aromatic rings. The average molecular weight is 412 g/mol. The first-order valence-corrected chi connectivity index (χ1v) is 10.3. The smallest absolute Gasteiger partial charge is 0.261 e. The molecule has 0 unspecified atom stereocenters. The number of ether oxygens (including phenoxy) is 2. The predicted molar refractivity (Wildman–Crippen MR) is 109 cm³/mol. The van der Waals surface area contributed by atoms with Gasteiger partial charge in [0.25, 0.3) is 5.91 Å². The molecular formula is C23H25FN2O4. The Balaban J connectivity index is 1.44. The third-order valence-electron chi connectivity index (χ3n) is 5.51. The molecule has 2 saturated heterocycles. The molecule has 2 atom stereocenters. The highest BCUT2D eigenvalue weighted by Gasteiger charge is 2.42. The number of rotatable bonds is 6. The van der Waals surface area contributed by atoms with Crippen LogP contribution in [-0.4, -0.2) is 60.0 Å². The molecule has 0 bridgehead atoms. The van der Waals surface area contributed by atoms with Crippen molar-refractivity contribution in [3.05, 3.63) is 60.4 Å². The fourth-order valence-corrected chi connectivity index (χ4v) is 3.99. The zero-order valence-electron chi connectivity index (χ0n) is 16.7. The molecule has 0 aromatic heterocycles. The van der Waals surface area contributed by atoms with Crippen molar-refractivity contribution in [3.63, 3.8) is 0 Å². The molecule has 6 nitrogen and oxygen atoms in total. The number of benzene rings is 2. The van der Waals surface area contributed by atoms with Gasteiger partial charge in [0, 0.05) is 19.5 Å². The fourth-order valence-electron chi connectivity index (χ4n) is 3.99. The van der Waals surface area contributed by atoms with E-state index in [4.69, 9.17) is 9.47 Å². The first-order valence-electron chi connectivity index (χ1n) is 10.3. The topological polar surface area (TPSA) is 59.1 Å². The minimum Gasteiger partial charge on any atom is -0.488 e. The van der Waals surface area contributed by atoms with Gasteiger partial charge >= 0.3 is 0 Å². The van der Waals surface area contributed by atoms with E-state index < -0.39 is 6.04 Å². The molecule has 2 fully saturated rings. The third-order valence-corrected chi connectivity index (χ3v) is 5.51. The molecule has 0 radical (unpaired) electrons. The maximum Gasteiger partial charge on any atom is 0.261 e. The summed E-state index contributed by atoms with van der Waals surface area (Å²) >= 11 is 0. The Labute approximate surface area is 175 Å². The van der Waals surface area contributed by atoms with Crippen molar-refractivity contribution in [2.24, 2.45) is 0 Å². The molecule has 4 rings (SSSR count). The molecule has 2 amide bonds. The van der Waals surface area contributed by atoms with E-state index in [-0.39, 0.29) is 30.3 Å². The quantitative estimate of drug-likeness (QED) is 0.732. The summed E-state index contributed by atoms with van der Waals surface area (Å²) in [6, 6.07) is 14.3. The summed E-state index contributed by atoms with van der Waals surface area (Å²) in [4.78, 5) is 29.4. The monoisotopic (exact) mass is 412 g/mol. The zero-order valence-corrected chi connectivity index (χ0v) is 16.7. The molecule has 7 heteroatoms. The van der Waals surface area contributed by atoms with Gasteiger partial charge in [0.1, 0.15) is 29.5 Å². The summed E-state index contributed by atoms with van der Waals surface area (Å²) in [5.41, 5.74) is 0. The molecule has 2 aliphatic heterocycles. The van der Waals surface area contributed by atoms with Gasteiger partial charge in [0.05, 0.1) is 6.54 Å². The van der Waals surface area contributed by atoms with Crippen molar-refractivity contribution < 1.29 is 23.5 Å². The molecule has 0 N–H and O–H groups in total. The van der Waals surface area contributed by atoms with E-state index >= 15 is 0 Å². The zero-order chi connectivity index (χ0) is 20.9. The van der Waals surface area contributed by atoms with Crippen LogP contribution >= 0.6 is 0 Å². The van der Waals surface area contributed by atoms with Crippen molar-refractivity contribution in [1.82, 2.24) is 9.80 Å². The van der Waals surface area contributed by atoms with Crippen molar-refractivity contribution in [3.8, 4) is 11.5 Å². The summed E-state index contributed by atoms with van der Waals surface area (Å²) < 4.78 is 24.6. The van der Waals surface area contributed by atoms with E-state index in [1.54, 1.807) is 4.90 Å². The molecule has 0 saturated carbocycles. The van der Waals surface area contributed by atoms with Crippen LogP contribution in [0.4, 0.5) is 4.39 Å². The summed E-state index contributed by atoms with van der Waals surface area (Å²) in [6.45, 7) is 1.57. The number of hydrogen-bond donors (Lipinski definition) is 0. The SMILES string of the molecule is O=C([C@@H]1C[C@H](Oc2ccccc2)CN1C(=O)COc1ccc(F)cc1)N1CCCC1. The van der Waals surface area contributed by atoms with E-state index in [0.717, 1.165) is 25.9 Å². The van der Waals surface area contributed by atoms with E-state index in [0.29, 0.717) is 24.5 Å². The van der Waals surface area contributed by atoms with Gasteiger partial charge in [-0.25, -0.2) is 4.39 Å². The highest BCUT2D eigenvalue weighted by molar-refractivity contribution is 5.89. The predicted octanol–water partition coefficient (Wildman–Crippen LogP) is 2.88. The first kappa shape index (κ1) is 20.2. The summed E-state index contributed by atoms with van der Waals surface area (Å²) in [5, 5.41) is 0. The van der Waals surface area contributed by atoms with Gasteiger partial charge in [-0.2, -0.15) is 0 Å². The fraction of sp³-hybridized carbons (Fsp3) is 0.391. The lowest BCUT2D eigenvalue weighted by Gasteiger charge is -2.27. The lowest BCUT2D eigenvalue weighted by Crippen LogP contribution is -2.48. The maximum atomic E-state index is 13.1. The van der Waals surface area contributed by atoms with Gasteiger partial charge in [0.2, 0.25) is 5.91 Å². The third kappa shape index (κ3) is 4.72. The Morgan fingerprint density at radius 2 is 1.67 bits per heavy atom. The molecule has 0 spiro atoms. The minimum atomic E-state index is -0.555. The van der Waals surface area contributed by atoms with Gasteiger partial charge in [-0.05, 0) is 49.2 Å². The normalized spacial score (nSPS) is 21.0. The minimum absolute atomic E-state index is 0.0261. The second kappa shape index (κ2) is 9.15. The van der Waals surface area contributed by atoms with Gasteiger partial charge in [-0.1, -0.05) is 18.2 Å². The van der Waals surface area contributed by atoms with E-state index in [1.165, 1.54) is 24.3 Å². The van der Waals surface area contributed by atoms with Crippen LogP contribution in [0, 0.1) is 5.82 Å². The average Bonchev–Trinajstić information content (AvgIpc) is 3.44. The number of carbonyl (C=O) groups excluding carboxylic acids is 2. The molecular weight excluding hydrogens is 387 g/mol. The summed E-state index contributed by atoms with van der Waals surface area (Å²) in [5.74, 6) is 0.443. The molecule has 2 heterocycles. The lowest BCUT2D eigenvalue weighted by atomic mass is 10.1. The Morgan fingerprint density at radius 3 is 2.37 bits per heavy atom. The standard InChI is InChI=1S/C23H25FN2O4/c24-17-8-10-18(11-9-17)29-16-22(27)26-15-20(30-19-6-2-1-3-7-19)14-21(26)23(28)25-12-4-5-13-25/h1-3,6-11,20-21H,4-5,12-16H2/t20-,21-/m0/s1. The number of para-hydroxylation sites is 1. The Hall–Kier alpha value is -3.09. The molecule has 2 aliphatic rings. The van der Waals surface area contributed by atoms with Gasteiger partial charge in [0.15, 0.2) is 6.61 Å². The van der Waals surface area contributed by atoms with Crippen molar-refractivity contribution in [2.75, 3.05) is 26.2 Å². The van der Waals surface area contributed by atoms with Crippen molar-refractivity contribution in [2.45, 2.75) is 31.4 Å². The molecule has 158 valence electrons. The van der Waals surface area contributed by atoms with Crippen LogP contribution < -0.4 is 9.47 Å².